The van der Waals surface area contributed by atoms with Gasteiger partial charge in [-0.3, -0.25) is 25.2 Å². The number of hydrazine groups is 1. The van der Waals surface area contributed by atoms with E-state index in [1.165, 1.54) is 0 Å². The Morgan fingerprint density at radius 2 is 1.79 bits per heavy atom. The van der Waals surface area contributed by atoms with Gasteiger partial charge in [-0.2, -0.15) is 0 Å². The van der Waals surface area contributed by atoms with Gasteiger partial charge in [0.25, 0.3) is 5.91 Å². The van der Waals surface area contributed by atoms with Crippen molar-refractivity contribution in [1.29, 1.82) is 0 Å². The predicted molar refractivity (Wildman–Crippen MR) is 88.5 cm³/mol. The van der Waals surface area contributed by atoms with Crippen LogP contribution >= 0.6 is 0 Å². The summed E-state index contributed by atoms with van der Waals surface area (Å²) in [7, 11) is 0. The molecule has 0 atom stereocenters. The van der Waals surface area contributed by atoms with E-state index < -0.39 is 17.8 Å². The van der Waals surface area contributed by atoms with E-state index in [9.17, 15) is 14.4 Å². The van der Waals surface area contributed by atoms with E-state index in [4.69, 9.17) is 9.84 Å². The molecule has 0 aromatic heterocycles. The van der Waals surface area contributed by atoms with Crippen molar-refractivity contribution in [2.24, 2.45) is 0 Å². The second-order valence-corrected chi connectivity index (χ2v) is 5.83. The van der Waals surface area contributed by atoms with Gasteiger partial charge in [-0.25, -0.2) is 0 Å². The molecule has 3 N–H and O–H groups in total. The van der Waals surface area contributed by atoms with E-state index >= 15 is 0 Å². The Kier molecular flexibility index (Phi) is 7.74. The average Bonchev–Trinajstić information content (AvgIpc) is 2.50. The fourth-order valence-electron chi connectivity index (χ4n) is 2.03. The summed E-state index contributed by atoms with van der Waals surface area (Å²) in [5.74, 6) is -0.981. The Labute approximate surface area is 141 Å². The Morgan fingerprint density at radius 3 is 2.42 bits per heavy atom. The number of amides is 2. The summed E-state index contributed by atoms with van der Waals surface area (Å²) in [5.41, 5.74) is 6.51. The molecule has 7 nitrogen and oxygen atoms in total. The normalized spacial score (nSPS) is 10.3. The fourth-order valence-corrected chi connectivity index (χ4v) is 2.03. The van der Waals surface area contributed by atoms with Crippen LogP contribution in [0, 0.1) is 6.92 Å². The minimum absolute atomic E-state index is 0.0306. The van der Waals surface area contributed by atoms with Crippen molar-refractivity contribution in [3.63, 3.8) is 0 Å². The average molecular weight is 336 g/mol. The number of ether oxygens (including phenoxy) is 1. The number of carboxylic acids is 1. The van der Waals surface area contributed by atoms with Crippen molar-refractivity contribution in [3.05, 3.63) is 29.3 Å². The zero-order valence-electron chi connectivity index (χ0n) is 14.2. The molecular weight excluding hydrogens is 312 g/mol. The zero-order chi connectivity index (χ0) is 18.1. The standard InChI is InChI=1S/C17H24N2O5/c1-11(2)13-8-7-12(3)9-14(13)24-10-16(21)19-18-15(20)5-4-6-17(22)23/h7-9,11H,4-6,10H2,1-3H3,(H,18,20)(H,19,21)(H,22,23). The zero-order valence-corrected chi connectivity index (χ0v) is 14.2. The van der Waals surface area contributed by atoms with Crippen LogP contribution in [0.3, 0.4) is 0 Å². The van der Waals surface area contributed by atoms with Gasteiger partial charge in [0.2, 0.25) is 5.91 Å². The monoisotopic (exact) mass is 336 g/mol. The molecule has 1 rings (SSSR count). The number of hydrogen-bond donors (Lipinski definition) is 3. The summed E-state index contributed by atoms with van der Waals surface area (Å²) < 4.78 is 5.54. The predicted octanol–water partition coefficient (Wildman–Crippen LogP) is 1.90. The molecule has 0 aliphatic rings. The number of rotatable bonds is 8. The molecule has 0 spiro atoms. The van der Waals surface area contributed by atoms with Gasteiger partial charge in [0, 0.05) is 12.8 Å². The van der Waals surface area contributed by atoms with Gasteiger partial charge in [-0.1, -0.05) is 26.0 Å². The minimum Gasteiger partial charge on any atom is -0.483 e. The third-order valence-electron chi connectivity index (χ3n) is 3.29. The molecule has 2 amide bonds. The van der Waals surface area contributed by atoms with Gasteiger partial charge in [-0.05, 0) is 36.5 Å². The van der Waals surface area contributed by atoms with Crippen LogP contribution in [0.2, 0.25) is 0 Å². The fraction of sp³-hybridized carbons (Fsp3) is 0.471. The van der Waals surface area contributed by atoms with Crippen molar-refractivity contribution in [2.45, 2.75) is 46.0 Å². The number of carboxylic acid groups (broad SMARTS) is 1. The first-order valence-electron chi connectivity index (χ1n) is 7.82. The van der Waals surface area contributed by atoms with E-state index in [0.29, 0.717) is 5.75 Å². The van der Waals surface area contributed by atoms with Gasteiger partial charge in [0.15, 0.2) is 6.61 Å². The molecular formula is C17H24N2O5. The Bertz CT molecular complexity index is 599. The lowest BCUT2D eigenvalue weighted by molar-refractivity contribution is -0.137. The molecule has 132 valence electrons. The molecule has 0 saturated carbocycles. The molecule has 24 heavy (non-hydrogen) atoms. The summed E-state index contributed by atoms with van der Waals surface area (Å²) in [5, 5.41) is 8.49. The maximum absolute atomic E-state index is 11.7. The smallest absolute Gasteiger partial charge is 0.303 e. The molecule has 0 heterocycles. The van der Waals surface area contributed by atoms with Crippen LogP contribution in [0.25, 0.3) is 0 Å². The number of aliphatic carboxylic acids is 1. The Morgan fingerprint density at radius 1 is 1.12 bits per heavy atom. The van der Waals surface area contributed by atoms with Gasteiger partial charge >= 0.3 is 5.97 Å². The lowest BCUT2D eigenvalue weighted by atomic mass is 10.0. The largest absolute Gasteiger partial charge is 0.483 e. The van der Waals surface area contributed by atoms with Crippen LogP contribution in [0.4, 0.5) is 0 Å². The van der Waals surface area contributed by atoms with Crippen LogP contribution < -0.4 is 15.6 Å². The van der Waals surface area contributed by atoms with E-state index in [0.717, 1.165) is 11.1 Å². The number of hydrogen-bond acceptors (Lipinski definition) is 4. The molecule has 0 saturated heterocycles. The van der Waals surface area contributed by atoms with Gasteiger partial charge < -0.3 is 9.84 Å². The van der Waals surface area contributed by atoms with Crippen molar-refractivity contribution < 1.29 is 24.2 Å². The summed E-state index contributed by atoms with van der Waals surface area (Å²) in [6.45, 7) is 5.79. The van der Waals surface area contributed by atoms with Crippen molar-refractivity contribution >= 4 is 17.8 Å². The minimum atomic E-state index is -0.959. The van der Waals surface area contributed by atoms with Crippen LogP contribution in [0.5, 0.6) is 5.75 Å². The summed E-state index contributed by atoms with van der Waals surface area (Å²) in [6.07, 6.45) is 0.160. The van der Waals surface area contributed by atoms with Crippen LogP contribution in [0.1, 0.15) is 50.2 Å². The molecule has 0 radical (unpaired) electrons. The first-order chi connectivity index (χ1) is 11.3. The van der Waals surface area contributed by atoms with Gasteiger partial charge in [0.1, 0.15) is 5.75 Å². The first-order valence-corrected chi connectivity index (χ1v) is 7.82. The number of aryl methyl sites for hydroxylation is 1. The molecule has 1 aromatic carbocycles. The number of nitrogens with one attached hydrogen (secondary N) is 2. The number of carbonyl (C=O) groups is 3. The molecule has 0 unspecified atom stereocenters. The van der Waals surface area contributed by atoms with E-state index in [1.807, 2.05) is 39.0 Å². The van der Waals surface area contributed by atoms with E-state index in [1.54, 1.807) is 0 Å². The van der Waals surface area contributed by atoms with Crippen LogP contribution in [0.15, 0.2) is 18.2 Å². The Hall–Kier alpha value is -2.57. The molecule has 0 aliphatic heterocycles. The molecule has 0 bridgehead atoms. The van der Waals surface area contributed by atoms with Crippen molar-refractivity contribution in [1.82, 2.24) is 10.9 Å². The summed E-state index contributed by atoms with van der Waals surface area (Å²) >= 11 is 0. The van der Waals surface area contributed by atoms with Gasteiger partial charge in [-0.15, -0.1) is 0 Å². The highest BCUT2D eigenvalue weighted by Crippen LogP contribution is 2.27. The maximum Gasteiger partial charge on any atom is 0.303 e. The van der Waals surface area contributed by atoms with Crippen molar-refractivity contribution in [3.8, 4) is 5.75 Å². The van der Waals surface area contributed by atoms with E-state index in [2.05, 4.69) is 10.9 Å². The Balaban J connectivity index is 2.40. The molecule has 7 heteroatoms. The third-order valence-corrected chi connectivity index (χ3v) is 3.29. The highest BCUT2D eigenvalue weighted by atomic mass is 16.5. The van der Waals surface area contributed by atoms with Crippen LogP contribution in [-0.4, -0.2) is 29.5 Å². The topological polar surface area (TPSA) is 105 Å². The first kappa shape index (κ1) is 19.5. The second-order valence-electron chi connectivity index (χ2n) is 5.83. The second kappa shape index (κ2) is 9.54. The third kappa shape index (κ3) is 7.13. The number of carbonyl (C=O) groups excluding carboxylic acids is 2. The number of benzene rings is 1. The van der Waals surface area contributed by atoms with Crippen molar-refractivity contribution in [2.75, 3.05) is 6.61 Å². The lowest BCUT2D eigenvalue weighted by Gasteiger charge is -2.15. The molecule has 1 aromatic rings. The highest BCUT2D eigenvalue weighted by molar-refractivity contribution is 5.83. The highest BCUT2D eigenvalue weighted by Gasteiger charge is 2.11. The maximum atomic E-state index is 11.7. The summed E-state index contributed by atoms with van der Waals surface area (Å²) in [4.78, 5) is 33.5. The molecule has 0 fully saturated rings. The van der Waals surface area contributed by atoms with Crippen LogP contribution in [-0.2, 0) is 14.4 Å². The molecule has 0 aliphatic carbocycles. The summed E-state index contributed by atoms with van der Waals surface area (Å²) in [6, 6.07) is 5.82. The van der Waals surface area contributed by atoms with E-state index in [-0.39, 0.29) is 31.8 Å². The SMILES string of the molecule is Cc1ccc(C(C)C)c(OCC(=O)NNC(=O)CCCC(=O)O)c1. The lowest BCUT2D eigenvalue weighted by Crippen LogP contribution is -2.43. The quantitative estimate of drug-likeness (QED) is 0.629. The van der Waals surface area contributed by atoms with Gasteiger partial charge in [0.05, 0.1) is 0 Å².